The fraction of sp³-hybridized carbons (Fsp3) is 0.357. The molecule has 0 aliphatic heterocycles. The van der Waals surface area contributed by atoms with Crippen molar-refractivity contribution in [3.05, 3.63) is 30.0 Å². The van der Waals surface area contributed by atoms with E-state index in [1.165, 1.54) is 0 Å². The molecule has 0 aliphatic carbocycles. The zero-order valence-corrected chi connectivity index (χ0v) is 10.7. The third-order valence-electron chi connectivity index (χ3n) is 3.11. The molecule has 0 aliphatic rings. The molecule has 2 aromatic rings. The molecule has 1 unspecified atom stereocenters. The van der Waals surface area contributed by atoms with Crippen LogP contribution in [0.1, 0.15) is 31.3 Å². The third-order valence-corrected chi connectivity index (χ3v) is 3.11. The number of carbonyl (C=O) groups is 1. The molecule has 1 aromatic carbocycles. The van der Waals surface area contributed by atoms with Gasteiger partial charge in [0.15, 0.2) is 0 Å². The lowest BCUT2D eigenvalue weighted by Gasteiger charge is -2.18. The predicted octanol–water partition coefficient (Wildman–Crippen LogP) is 3.29. The van der Waals surface area contributed by atoms with Crippen molar-refractivity contribution in [2.75, 3.05) is 0 Å². The number of H-pyrrole nitrogens is 1. The summed E-state index contributed by atoms with van der Waals surface area (Å²) in [5, 5.41) is 9.78. The van der Waals surface area contributed by atoms with E-state index in [2.05, 4.69) is 18.8 Å². The zero-order chi connectivity index (χ0) is 13.3. The number of rotatable bonds is 4. The number of benzene rings is 1. The monoisotopic (exact) mass is 247 g/mol. The van der Waals surface area contributed by atoms with Crippen molar-refractivity contribution in [2.24, 2.45) is 5.92 Å². The summed E-state index contributed by atoms with van der Waals surface area (Å²) in [7, 11) is 0. The fourth-order valence-electron chi connectivity index (χ4n) is 1.68. The molecule has 0 radical (unpaired) electrons. The van der Waals surface area contributed by atoms with Crippen molar-refractivity contribution in [2.45, 2.75) is 26.9 Å². The van der Waals surface area contributed by atoms with E-state index >= 15 is 0 Å². The highest BCUT2D eigenvalue weighted by Crippen LogP contribution is 2.28. The highest BCUT2D eigenvalue weighted by atomic mass is 16.5. The number of aromatic nitrogens is 1. The van der Waals surface area contributed by atoms with Crippen molar-refractivity contribution in [1.82, 2.24) is 4.98 Å². The van der Waals surface area contributed by atoms with Crippen LogP contribution in [0.2, 0.25) is 0 Å². The molecule has 0 fully saturated rings. The number of fused-ring (bicyclic) bond motifs is 1. The summed E-state index contributed by atoms with van der Waals surface area (Å²) in [5.41, 5.74) is 0.958. The molecule has 18 heavy (non-hydrogen) atoms. The average Bonchev–Trinajstić information content (AvgIpc) is 2.73. The first-order chi connectivity index (χ1) is 8.49. The molecule has 4 nitrogen and oxygen atoms in total. The van der Waals surface area contributed by atoms with Crippen LogP contribution in [0.3, 0.4) is 0 Å². The molecule has 1 aromatic heterocycles. The molecule has 0 bridgehead atoms. The van der Waals surface area contributed by atoms with E-state index in [0.29, 0.717) is 5.92 Å². The molecular formula is C14H17NO3. The molecule has 96 valence electrons. The van der Waals surface area contributed by atoms with Gasteiger partial charge in [0.25, 0.3) is 0 Å². The van der Waals surface area contributed by atoms with Gasteiger partial charge in [0.1, 0.15) is 11.4 Å². The largest absolute Gasteiger partial charge is 0.490 e. The van der Waals surface area contributed by atoms with Gasteiger partial charge < -0.3 is 14.8 Å². The maximum absolute atomic E-state index is 10.9. The molecule has 1 heterocycles. The van der Waals surface area contributed by atoms with E-state index < -0.39 is 5.97 Å². The van der Waals surface area contributed by atoms with E-state index in [1.54, 1.807) is 6.07 Å². The second kappa shape index (κ2) is 4.72. The van der Waals surface area contributed by atoms with Gasteiger partial charge in [0, 0.05) is 10.9 Å². The summed E-state index contributed by atoms with van der Waals surface area (Å²) in [6.45, 7) is 6.18. The van der Waals surface area contributed by atoms with Crippen molar-refractivity contribution in [1.29, 1.82) is 0 Å². The fourth-order valence-corrected chi connectivity index (χ4v) is 1.68. The lowest BCUT2D eigenvalue weighted by molar-refractivity contribution is 0.0691. The number of ether oxygens (including phenoxy) is 1. The summed E-state index contributed by atoms with van der Waals surface area (Å²) in [5.74, 6) is 0.157. The van der Waals surface area contributed by atoms with Crippen LogP contribution in [-0.2, 0) is 0 Å². The van der Waals surface area contributed by atoms with Crippen LogP contribution in [0.25, 0.3) is 10.9 Å². The van der Waals surface area contributed by atoms with Gasteiger partial charge in [0.2, 0.25) is 0 Å². The lowest BCUT2D eigenvalue weighted by Crippen LogP contribution is -2.18. The summed E-state index contributed by atoms with van der Waals surface area (Å²) >= 11 is 0. The maximum Gasteiger partial charge on any atom is 0.352 e. The molecule has 1 atom stereocenters. The third kappa shape index (κ3) is 2.32. The topological polar surface area (TPSA) is 62.3 Å². The van der Waals surface area contributed by atoms with Crippen molar-refractivity contribution in [3.63, 3.8) is 0 Å². The maximum atomic E-state index is 10.9. The first kappa shape index (κ1) is 12.5. The first-order valence-corrected chi connectivity index (χ1v) is 6.00. The Labute approximate surface area is 106 Å². The smallest absolute Gasteiger partial charge is 0.352 e. The normalized spacial score (nSPS) is 12.9. The average molecular weight is 247 g/mol. The van der Waals surface area contributed by atoms with Crippen LogP contribution in [-0.4, -0.2) is 22.2 Å². The second-order valence-electron chi connectivity index (χ2n) is 4.77. The van der Waals surface area contributed by atoms with Crippen LogP contribution in [0.4, 0.5) is 0 Å². The quantitative estimate of drug-likeness (QED) is 0.871. The minimum Gasteiger partial charge on any atom is -0.490 e. The Hall–Kier alpha value is -1.97. The number of aromatic carboxylic acids is 1. The SMILES string of the molecule is CC(C)C(C)Oc1cccc2[nH]c(C(=O)O)cc12. The van der Waals surface area contributed by atoms with E-state index in [0.717, 1.165) is 16.7 Å². The van der Waals surface area contributed by atoms with E-state index in [4.69, 9.17) is 9.84 Å². The van der Waals surface area contributed by atoms with Gasteiger partial charge in [-0.2, -0.15) is 0 Å². The molecule has 2 rings (SSSR count). The highest BCUT2D eigenvalue weighted by Gasteiger charge is 2.14. The minimum atomic E-state index is -0.964. The Morgan fingerprint density at radius 2 is 2.06 bits per heavy atom. The number of hydrogen-bond donors (Lipinski definition) is 2. The standard InChI is InChI=1S/C14H17NO3/c1-8(2)9(3)18-13-6-4-5-11-10(13)7-12(15-11)14(16)17/h4-9,15H,1-3H3,(H,16,17). The van der Waals surface area contributed by atoms with Gasteiger partial charge in [-0.25, -0.2) is 4.79 Å². The molecule has 4 heteroatoms. The Bertz CT molecular complexity index is 571. The molecular weight excluding hydrogens is 230 g/mol. The van der Waals surface area contributed by atoms with Gasteiger partial charge in [-0.15, -0.1) is 0 Å². The first-order valence-electron chi connectivity index (χ1n) is 6.00. The summed E-state index contributed by atoms with van der Waals surface area (Å²) in [6.07, 6.45) is 0.0822. The summed E-state index contributed by atoms with van der Waals surface area (Å²) < 4.78 is 5.87. The number of carboxylic acids is 1. The van der Waals surface area contributed by atoms with E-state index in [-0.39, 0.29) is 11.8 Å². The van der Waals surface area contributed by atoms with E-state index in [9.17, 15) is 4.79 Å². The zero-order valence-electron chi connectivity index (χ0n) is 10.7. The van der Waals surface area contributed by atoms with Crippen LogP contribution in [0, 0.1) is 5.92 Å². The van der Waals surface area contributed by atoms with Crippen LogP contribution >= 0.6 is 0 Å². The summed E-state index contributed by atoms with van der Waals surface area (Å²) in [6, 6.07) is 7.17. The van der Waals surface area contributed by atoms with Gasteiger partial charge in [-0.3, -0.25) is 0 Å². The molecule has 0 spiro atoms. The number of hydrogen-bond acceptors (Lipinski definition) is 2. The van der Waals surface area contributed by atoms with Crippen molar-refractivity contribution in [3.8, 4) is 5.75 Å². The van der Waals surface area contributed by atoms with Crippen LogP contribution in [0.15, 0.2) is 24.3 Å². The van der Waals surface area contributed by atoms with Gasteiger partial charge in [0.05, 0.1) is 6.10 Å². The number of nitrogens with one attached hydrogen (secondary N) is 1. The van der Waals surface area contributed by atoms with Crippen LogP contribution < -0.4 is 4.74 Å². The molecule has 0 saturated heterocycles. The number of aromatic amines is 1. The highest BCUT2D eigenvalue weighted by molar-refractivity contribution is 5.96. The summed E-state index contributed by atoms with van der Waals surface area (Å²) in [4.78, 5) is 13.8. The van der Waals surface area contributed by atoms with Gasteiger partial charge >= 0.3 is 5.97 Å². The van der Waals surface area contributed by atoms with Crippen LogP contribution in [0.5, 0.6) is 5.75 Å². The van der Waals surface area contributed by atoms with E-state index in [1.807, 2.05) is 25.1 Å². The van der Waals surface area contributed by atoms with Gasteiger partial charge in [-0.05, 0) is 31.0 Å². The predicted molar refractivity (Wildman–Crippen MR) is 70.2 cm³/mol. The molecule has 0 saturated carbocycles. The van der Waals surface area contributed by atoms with Crippen molar-refractivity contribution >= 4 is 16.9 Å². The Balaban J connectivity index is 2.41. The Kier molecular flexibility index (Phi) is 3.28. The van der Waals surface area contributed by atoms with Crippen molar-refractivity contribution < 1.29 is 14.6 Å². The molecule has 0 amide bonds. The lowest BCUT2D eigenvalue weighted by atomic mass is 10.1. The molecule has 2 N–H and O–H groups in total. The number of carboxylic acid groups (broad SMARTS) is 1. The Morgan fingerprint density at radius 1 is 1.33 bits per heavy atom. The minimum absolute atomic E-state index is 0.0822. The second-order valence-corrected chi connectivity index (χ2v) is 4.77. The Morgan fingerprint density at radius 3 is 2.67 bits per heavy atom. The van der Waals surface area contributed by atoms with Gasteiger partial charge in [-0.1, -0.05) is 19.9 Å².